The normalized spacial score (nSPS) is 15.3. The molecule has 28 heavy (non-hydrogen) atoms. The summed E-state index contributed by atoms with van der Waals surface area (Å²) in [7, 11) is -1.80. The van der Waals surface area contributed by atoms with Crippen molar-refractivity contribution in [2.24, 2.45) is 0 Å². The molecule has 1 aliphatic rings. The first-order chi connectivity index (χ1) is 13.5. The molecule has 0 atom stereocenters. The Kier molecular flexibility index (Phi) is 7.09. The number of amides is 1. The molecule has 1 saturated heterocycles. The van der Waals surface area contributed by atoms with Gasteiger partial charge in [-0.3, -0.25) is 4.79 Å². The van der Waals surface area contributed by atoms with E-state index < -0.39 is 10.0 Å². The Hall–Kier alpha value is -1.90. The third-order valence-corrected chi connectivity index (χ3v) is 8.23. The van der Waals surface area contributed by atoms with Gasteiger partial charge in [0.05, 0.1) is 13.5 Å². The van der Waals surface area contributed by atoms with Crippen LogP contribution in [-0.2, 0) is 27.7 Å². The summed E-state index contributed by atoms with van der Waals surface area (Å²) in [6, 6.07) is 11.1. The Morgan fingerprint density at radius 1 is 1.11 bits per heavy atom. The molecule has 0 unspecified atom stereocenters. The molecule has 1 N–H and O–H groups in total. The fourth-order valence-corrected chi connectivity index (χ4v) is 6.21. The molecule has 0 aliphatic carbocycles. The molecular formula is C20H26N2O4S2. The highest BCUT2D eigenvalue weighted by atomic mass is 32.2. The van der Waals surface area contributed by atoms with Gasteiger partial charge < -0.3 is 10.1 Å². The molecule has 152 valence electrons. The summed E-state index contributed by atoms with van der Waals surface area (Å²) < 4.78 is 32.4. The molecule has 1 fully saturated rings. The maximum Gasteiger partial charge on any atom is 0.252 e. The number of hydrogen-bond donors (Lipinski definition) is 1. The highest BCUT2D eigenvalue weighted by Crippen LogP contribution is 2.27. The van der Waals surface area contributed by atoms with Gasteiger partial charge in [0, 0.05) is 24.5 Å². The summed E-state index contributed by atoms with van der Waals surface area (Å²) in [5.41, 5.74) is 1.12. The zero-order valence-electron chi connectivity index (χ0n) is 16.0. The van der Waals surface area contributed by atoms with E-state index in [1.807, 2.05) is 24.3 Å². The molecule has 0 radical (unpaired) electrons. The maximum atomic E-state index is 12.7. The summed E-state index contributed by atoms with van der Waals surface area (Å²) in [6.45, 7) is 1.71. The van der Waals surface area contributed by atoms with Crippen molar-refractivity contribution in [1.82, 2.24) is 9.62 Å². The lowest BCUT2D eigenvalue weighted by atomic mass is 10.1. The molecular weight excluding hydrogens is 396 g/mol. The summed E-state index contributed by atoms with van der Waals surface area (Å²) in [6.07, 6.45) is 3.83. The van der Waals surface area contributed by atoms with Crippen molar-refractivity contribution >= 4 is 27.3 Å². The minimum Gasteiger partial charge on any atom is -0.497 e. The molecule has 1 aliphatic heterocycles. The van der Waals surface area contributed by atoms with Gasteiger partial charge in [-0.25, -0.2) is 8.42 Å². The largest absolute Gasteiger partial charge is 0.497 e. The number of sulfonamides is 1. The third-order valence-electron chi connectivity index (χ3n) is 4.78. The summed E-state index contributed by atoms with van der Waals surface area (Å²) in [5, 5.41) is 2.90. The first kappa shape index (κ1) is 20.8. The molecule has 8 heteroatoms. The van der Waals surface area contributed by atoms with Gasteiger partial charge >= 0.3 is 0 Å². The number of ether oxygens (including phenoxy) is 1. The van der Waals surface area contributed by atoms with Crippen molar-refractivity contribution in [2.45, 2.75) is 36.3 Å². The van der Waals surface area contributed by atoms with E-state index >= 15 is 0 Å². The molecule has 1 aromatic heterocycles. The standard InChI is InChI=1S/C20H26N2O4S2/c1-26-17-7-5-16(6-8-17)11-12-21-19(23)15-18-9-10-20(27-18)28(24,25)22-13-3-2-4-14-22/h5-10H,2-4,11-15H2,1H3,(H,21,23). The van der Waals surface area contributed by atoms with Gasteiger partial charge in [0.15, 0.2) is 0 Å². The van der Waals surface area contributed by atoms with E-state index in [2.05, 4.69) is 5.32 Å². The van der Waals surface area contributed by atoms with Gasteiger partial charge in [0.1, 0.15) is 9.96 Å². The number of nitrogens with one attached hydrogen (secondary N) is 1. The lowest BCUT2D eigenvalue weighted by Gasteiger charge is -2.25. The summed E-state index contributed by atoms with van der Waals surface area (Å²) in [5.74, 6) is 0.707. The zero-order valence-corrected chi connectivity index (χ0v) is 17.7. The van der Waals surface area contributed by atoms with Crippen LogP contribution in [0.15, 0.2) is 40.6 Å². The predicted octanol–water partition coefficient (Wildman–Crippen LogP) is 2.83. The van der Waals surface area contributed by atoms with Crippen LogP contribution >= 0.6 is 11.3 Å². The Balaban J connectivity index is 1.49. The molecule has 0 bridgehead atoms. The zero-order chi connectivity index (χ0) is 20.0. The molecule has 6 nitrogen and oxygen atoms in total. The van der Waals surface area contributed by atoms with Crippen LogP contribution in [0.4, 0.5) is 0 Å². The number of nitrogens with zero attached hydrogens (tertiary/aromatic N) is 1. The van der Waals surface area contributed by atoms with Gasteiger partial charge in [0.25, 0.3) is 10.0 Å². The van der Waals surface area contributed by atoms with E-state index in [0.717, 1.165) is 41.9 Å². The van der Waals surface area contributed by atoms with Crippen molar-refractivity contribution in [3.63, 3.8) is 0 Å². The molecule has 3 rings (SSSR count). The highest BCUT2D eigenvalue weighted by Gasteiger charge is 2.27. The van der Waals surface area contributed by atoms with E-state index in [-0.39, 0.29) is 12.3 Å². The van der Waals surface area contributed by atoms with E-state index in [9.17, 15) is 13.2 Å². The van der Waals surface area contributed by atoms with Crippen LogP contribution in [-0.4, -0.2) is 45.4 Å². The molecule has 1 aromatic carbocycles. The van der Waals surface area contributed by atoms with Crippen LogP contribution in [0.25, 0.3) is 0 Å². The van der Waals surface area contributed by atoms with Gasteiger partial charge in [-0.1, -0.05) is 18.6 Å². The summed E-state index contributed by atoms with van der Waals surface area (Å²) in [4.78, 5) is 12.9. The molecule has 2 aromatic rings. The number of carbonyl (C=O) groups is 1. The number of piperidine rings is 1. The Morgan fingerprint density at radius 3 is 2.50 bits per heavy atom. The Labute approximate surface area is 170 Å². The van der Waals surface area contributed by atoms with Gasteiger partial charge in [0.2, 0.25) is 5.91 Å². The first-order valence-electron chi connectivity index (χ1n) is 9.47. The smallest absolute Gasteiger partial charge is 0.252 e. The number of hydrogen-bond acceptors (Lipinski definition) is 5. The highest BCUT2D eigenvalue weighted by molar-refractivity contribution is 7.91. The average Bonchev–Trinajstić information content (AvgIpc) is 3.18. The van der Waals surface area contributed by atoms with Crippen molar-refractivity contribution in [2.75, 3.05) is 26.7 Å². The predicted molar refractivity (Wildman–Crippen MR) is 110 cm³/mol. The van der Waals surface area contributed by atoms with Gasteiger partial charge in [-0.05, 0) is 49.1 Å². The number of rotatable bonds is 8. The average molecular weight is 423 g/mol. The monoisotopic (exact) mass is 422 g/mol. The second-order valence-corrected chi connectivity index (χ2v) is 10.1. The minimum absolute atomic E-state index is 0.0997. The van der Waals surface area contributed by atoms with Crippen molar-refractivity contribution < 1.29 is 17.9 Å². The lowest BCUT2D eigenvalue weighted by Crippen LogP contribution is -2.35. The second-order valence-electron chi connectivity index (χ2n) is 6.81. The molecule has 0 spiro atoms. The fraction of sp³-hybridized carbons (Fsp3) is 0.450. The van der Waals surface area contributed by atoms with Gasteiger partial charge in [-0.2, -0.15) is 4.31 Å². The van der Waals surface area contributed by atoms with Crippen LogP contribution in [0, 0.1) is 0 Å². The SMILES string of the molecule is COc1ccc(CCNC(=O)Cc2ccc(S(=O)(=O)N3CCCCC3)s2)cc1. The lowest BCUT2D eigenvalue weighted by molar-refractivity contribution is -0.120. The Bertz CT molecular complexity index is 885. The van der Waals surface area contributed by atoms with E-state index in [0.29, 0.717) is 23.8 Å². The number of thiophene rings is 1. The van der Waals surface area contributed by atoms with Gasteiger partial charge in [-0.15, -0.1) is 11.3 Å². The minimum atomic E-state index is -3.43. The van der Waals surface area contributed by atoms with E-state index in [1.165, 1.54) is 11.3 Å². The van der Waals surface area contributed by atoms with Crippen LogP contribution in [0.1, 0.15) is 29.7 Å². The Morgan fingerprint density at radius 2 is 1.82 bits per heavy atom. The maximum absolute atomic E-state index is 12.7. The van der Waals surface area contributed by atoms with Crippen molar-refractivity contribution in [1.29, 1.82) is 0 Å². The number of methoxy groups -OCH3 is 1. The molecule has 2 heterocycles. The van der Waals surface area contributed by atoms with Crippen molar-refractivity contribution in [3.8, 4) is 5.75 Å². The number of carbonyl (C=O) groups excluding carboxylic acids is 1. The van der Waals surface area contributed by atoms with Crippen LogP contribution in [0.3, 0.4) is 0 Å². The molecule has 0 saturated carbocycles. The van der Waals surface area contributed by atoms with E-state index in [1.54, 1.807) is 23.5 Å². The van der Waals surface area contributed by atoms with Crippen LogP contribution < -0.4 is 10.1 Å². The second kappa shape index (κ2) is 9.54. The van der Waals surface area contributed by atoms with Crippen LogP contribution in [0.5, 0.6) is 5.75 Å². The fourth-order valence-electron chi connectivity index (χ4n) is 3.18. The third kappa shape index (κ3) is 5.33. The van der Waals surface area contributed by atoms with Crippen molar-refractivity contribution in [3.05, 3.63) is 46.8 Å². The summed E-state index contributed by atoms with van der Waals surface area (Å²) >= 11 is 1.19. The first-order valence-corrected chi connectivity index (χ1v) is 11.7. The number of benzene rings is 1. The van der Waals surface area contributed by atoms with Crippen LogP contribution in [0.2, 0.25) is 0 Å². The topological polar surface area (TPSA) is 75.7 Å². The molecule has 1 amide bonds. The van der Waals surface area contributed by atoms with E-state index in [4.69, 9.17) is 4.74 Å². The quantitative estimate of drug-likeness (QED) is 0.710.